The molecule has 1 saturated heterocycles. The molecule has 3 atom stereocenters. The fourth-order valence-electron chi connectivity index (χ4n) is 5.21. The number of aromatic amines is 1. The van der Waals surface area contributed by atoms with Crippen LogP contribution in [0, 0.1) is 5.92 Å². The molecule has 2 fully saturated rings. The minimum Gasteiger partial charge on any atom is -0.385 e. The van der Waals surface area contributed by atoms with E-state index in [0.717, 1.165) is 42.3 Å². The van der Waals surface area contributed by atoms with Gasteiger partial charge in [0, 0.05) is 18.5 Å². The highest BCUT2D eigenvalue weighted by atomic mass is 16.3. The van der Waals surface area contributed by atoms with Crippen LogP contribution in [0.2, 0.25) is 0 Å². The van der Waals surface area contributed by atoms with Gasteiger partial charge in [-0.2, -0.15) is 0 Å². The molecular formula is C23H25N3O2. The van der Waals surface area contributed by atoms with Crippen molar-refractivity contribution in [3.8, 4) is 0 Å². The Balaban J connectivity index is 1.48. The first kappa shape index (κ1) is 17.4. The number of likely N-dealkylation sites (tertiary alicyclic amines) is 1. The number of piperidine rings is 1. The third kappa shape index (κ3) is 2.73. The highest BCUT2D eigenvalue weighted by Crippen LogP contribution is 2.47. The van der Waals surface area contributed by atoms with Gasteiger partial charge in [-0.25, -0.2) is 4.98 Å². The molecule has 1 unspecified atom stereocenters. The number of benzene rings is 2. The van der Waals surface area contributed by atoms with Crippen LogP contribution in [0.15, 0.2) is 54.6 Å². The lowest BCUT2D eigenvalue weighted by Crippen LogP contribution is -2.59. The van der Waals surface area contributed by atoms with Crippen LogP contribution in [0.25, 0.3) is 11.0 Å². The number of aromatic nitrogens is 2. The summed E-state index contributed by atoms with van der Waals surface area (Å²) >= 11 is 0. The molecule has 28 heavy (non-hydrogen) atoms. The highest BCUT2D eigenvalue weighted by molar-refractivity contribution is 5.94. The molecule has 0 spiro atoms. The number of para-hydroxylation sites is 2. The molecule has 3 aromatic rings. The lowest BCUT2D eigenvalue weighted by Gasteiger charge is -2.52. The average Bonchev–Trinajstić information content (AvgIpc) is 3.19. The Morgan fingerprint density at radius 3 is 2.64 bits per heavy atom. The van der Waals surface area contributed by atoms with Crippen LogP contribution in [0.3, 0.4) is 0 Å². The zero-order valence-electron chi connectivity index (χ0n) is 15.8. The molecule has 2 aliphatic rings. The molecule has 1 saturated carbocycles. The number of hydrogen-bond donors (Lipinski definition) is 2. The van der Waals surface area contributed by atoms with Crippen LogP contribution in [0.5, 0.6) is 0 Å². The van der Waals surface area contributed by atoms with E-state index in [1.54, 1.807) is 0 Å². The number of fused-ring (bicyclic) bond motifs is 2. The average molecular weight is 375 g/mol. The maximum atomic E-state index is 13.3. The molecule has 144 valence electrons. The van der Waals surface area contributed by atoms with Gasteiger partial charge in [-0.15, -0.1) is 0 Å². The van der Waals surface area contributed by atoms with Gasteiger partial charge in [0.1, 0.15) is 0 Å². The smallest absolute Gasteiger partial charge is 0.289 e. The second-order valence-corrected chi connectivity index (χ2v) is 8.10. The minimum absolute atomic E-state index is 0.0495. The number of aliphatic hydroxyl groups is 1. The molecule has 1 aromatic heterocycles. The van der Waals surface area contributed by atoms with Crippen LogP contribution in [-0.2, 0) is 5.60 Å². The molecule has 5 heteroatoms. The van der Waals surface area contributed by atoms with Gasteiger partial charge in [0.2, 0.25) is 0 Å². The van der Waals surface area contributed by atoms with E-state index in [1.807, 2.05) is 59.5 Å². The van der Waals surface area contributed by atoms with Gasteiger partial charge in [-0.1, -0.05) is 55.3 Å². The molecule has 2 aromatic carbocycles. The molecule has 2 heterocycles. The van der Waals surface area contributed by atoms with E-state index in [1.165, 1.54) is 0 Å². The predicted molar refractivity (Wildman–Crippen MR) is 108 cm³/mol. The summed E-state index contributed by atoms with van der Waals surface area (Å²) in [5.74, 6) is 0.407. The maximum Gasteiger partial charge on any atom is 0.289 e. The Labute approximate surface area is 164 Å². The highest BCUT2D eigenvalue weighted by Gasteiger charge is 2.50. The van der Waals surface area contributed by atoms with E-state index in [9.17, 15) is 9.90 Å². The third-order valence-corrected chi connectivity index (χ3v) is 6.60. The molecule has 2 N–H and O–H groups in total. The number of hydrogen-bond acceptors (Lipinski definition) is 3. The Kier molecular flexibility index (Phi) is 4.20. The van der Waals surface area contributed by atoms with E-state index in [4.69, 9.17) is 0 Å². The van der Waals surface area contributed by atoms with Gasteiger partial charge < -0.3 is 15.0 Å². The quantitative estimate of drug-likeness (QED) is 0.715. The Hall–Kier alpha value is -2.66. The van der Waals surface area contributed by atoms with Gasteiger partial charge in [0.05, 0.1) is 16.6 Å². The number of carbonyl (C=O) groups is 1. The Morgan fingerprint density at radius 2 is 1.82 bits per heavy atom. The zero-order chi connectivity index (χ0) is 19.1. The van der Waals surface area contributed by atoms with Crippen molar-refractivity contribution in [3.63, 3.8) is 0 Å². The lowest BCUT2D eigenvalue weighted by molar-refractivity contribution is -0.110. The summed E-state index contributed by atoms with van der Waals surface area (Å²) < 4.78 is 0. The second kappa shape index (κ2) is 6.74. The van der Waals surface area contributed by atoms with Crippen LogP contribution in [-0.4, -0.2) is 38.5 Å². The van der Waals surface area contributed by atoms with Crippen LogP contribution < -0.4 is 0 Å². The van der Waals surface area contributed by atoms with Gasteiger partial charge in [-0.3, -0.25) is 4.79 Å². The van der Waals surface area contributed by atoms with Gasteiger partial charge in [0.15, 0.2) is 5.82 Å². The maximum absolute atomic E-state index is 13.3. The van der Waals surface area contributed by atoms with E-state index >= 15 is 0 Å². The summed E-state index contributed by atoms with van der Waals surface area (Å²) in [5, 5.41) is 11.7. The van der Waals surface area contributed by atoms with Crippen molar-refractivity contribution < 1.29 is 9.90 Å². The summed E-state index contributed by atoms with van der Waals surface area (Å²) in [6, 6.07) is 17.7. The second-order valence-electron chi connectivity index (χ2n) is 8.10. The monoisotopic (exact) mass is 375 g/mol. The van der Waals surface area contributed by atoms with Crippen molar-refractivity contribution in [2.45, 2.75) is 43.7 Å². The molecule has 5 nitrogen and oxygen atoms in total. The van der Waals surface area contributed by atoms with Crippen molar-refractivity contribution >= 4 is 16.9 Å². The SMILES string of the molecule is O=C(c1nc2ccccc2[nH]1)N1CCC(O)(c2ccccc2)[C@H]2CCCC[C@@H]21. The van der Waals surface area contributed by atoms with Crippen LogP contribution in [0.1, 0.15) is 48.3 Å². The molecule has 0 bridgehead atoms. The largest absolute Gasteiger partial charge is 0.385 e. The standard InChI is InChI=1S/C23H25N3O2/c27-22(21-24-18-11-5-6-12-19(18)25-21)26-15-14-23(28,16-8-2-1-3-9-16)17-10-4-7-13-20(17)26/h1-3,5-6,8-9,11-12,17,20,28H,4,7,10,13-15H2,(H,24,25)/t17-,20-,23?/m0/s1. The van der Waals surface area contributed by atoms with Crippen molar-refractivity contribution in [1.29, 1.82) is 0 Å². The summed E-state index contributed by atoms with van der Waals surface area (Å²) in [4.78, 5) is 23.0. The van der Waals surface area contributed by atoms with Gasteiger partial charge in [-0.05, 0) is 37.0 Å². The zero-order valence-corrected chi connectivity index (χ0v) is 15.8. The number of rotatable bonds is 2. The van der Waals surface area contributed by atoms with Crippen molar-refractivity contribution in [2.24, 2.45) is 5.92 Å². The van der Waals surface area contributed by atoms with Crippen LogP contribution >= 0.6 is 0 Å². The lowest BCUT2D eigenvalue weighted by atomic mass is 9.66. The minimum atomic E-state index is -0.864. The van der Waals surface area contributed by atoms with E-state index in [-0.39, 0.29) is 17.9 Å². The Bertz CT molecular complexity index is 966. The summed E-state index contributed by atoms with van der Waals surface area (Å²) in [6.45, 7) is 0.544. The number of H-pyrrole nitrogens is 1. The van der Waals surface area contributed by atoms with Gasteiger partial charge >= 0.3 is 0 Å². The predicted octanol–water partition coefficient (Wildman–Crippen LogP) is 3.86. The molecule has 1 aliphatic carbocycles. The van der Waals surface area contributed by atoms with Gasteiger partial charge in [0.25, 0.3) is 5.91 Å². The normalized spacial score (nSPS) is 27.5. The van der Waals surface area contributed by atoms with Crippen molar-refractivity contribution in [3.05, 3.63) is 66.0 Å². The molecule has 0 radical (unpaired) electrons. The first-order valence-corrected chi connectivity index (χ1v) is 10.2. The number of carbonyl (C=O) groups excluding carboxylic acids is 1. The number of nitrogens with one attached hydrogen (secondary N) is 1. The van der Waals surface area contributed by atoms with E-state index in [2.05, 4.69) is 9.97 Å². The first-order valence-electron chi connectivity index (χ1n) is 10.2. The number of nitrogens with zero attached hydrogens (tertiary/aromatic N) is 2. The Morgan fingerprint density at radius 1 is 1.07 bits per heavy atom. The van der Waals surface area contributed by atoms with Crippen molar-refractivity contribution in [1.82, 2.24) is 14.9 Å². The van der Waals surface area contributed by atoms with E-state index in [0.29, 0.717) is 18.8 Å². The summed E-state index contributed by atoms with van der Waals surface area (Å²) in [6.07, 6.45) is 4.63. The van der Waals surface area contributed by atoms with Crippen LogP contribution in [0.4, 0.5) is 0 Å². The molecule has 5 rings (SSSR count). The molecule has 1 amide bonds. The summed E-state index contributed by atoms with van der Waals surface area (Å²) in [5.41, 5.74) is 1.80. The fourth-order valence-corrected chi connectivity index (χ4v) is 5.21. The number of amides is 1. The first-order chi connectivity index (χ1) is 13.7. The number of imidazole rings is 1. The van der Waals surface area contributed by atoms with Crippen molar-refractivity contribution in [2.75, 3.05) is 6.54 Å². The molecule has 1 aliphatic heterocycles. The topological polar surface area (TPSA) is 69.2 Å². The summed E-state index contributed by atoms with van der Waals surface area (Å²) in [7, 11) is 0. The molecular weight excluding hydrogens is 350 g/mol. The fraction of sp³-hybridized carbons (Fsp3) is 0.391. The third-order valence-electron chi connectivity index (χ3n) is 6.60. The van der Waals surface area contributed by atoms with E-state index < -0.39 is 5.60 Å².